The van der Waals surface area contributed by atoms with Crippen molar-refractivity contribution < 1.29 is 33.8 Å². The van der Waals surface area contributed by atoms with Gasteiger partial charge in [0.05, 0.1) is 68.1 Å². The van der Waals surface area contributed by atoms with Crippen LogP contribution in [0.4, 0.5) is 0 Å². The van der Waals surface area contributed by atoms with Crippen LogP contribution in [0.1, 0.15) is 85.4 Å². The van der Waals surface area contributed by atoms with Gasteiger partial charge >= 0.3 is 0 Å². The molecule has 2 aromatic rings. The number of likely N-dealkylation sites (tertiary alicyclic amines) is 1. The average molecular weight is 813 g/mol. The van der Waals surface area contributed by atoms with Gasteiger partial charge in [0.1, 0.15) is 11.7 Å². The maximum absolute atomic E-state index is 14.3. The third-order valence-corrected chi connectivity index (χ3v) is 11.8. The molecule has 4 amide bonds. The van der Waals surface area contributed by atoms with Gasteiger partial charge in [0.2, 0.25) is 23.6 Å². The summed E-state index contributed by atoms with van der Waals surface area (Å²) in [6.07, 6.45) is 3.18. The summed E-state index contributed by atoms with van der Waals surface area (Å²) >= 11 is 0. The van der Waals surface area contributed by atoms with E-state index >= 15 is 0 Å². The highest BCUT2D eigenvalue weighted by atomic mass is 16.5. The highest BCUT2D eigenvalue weighted by Crippen LogP contribution is 2.30. The lowest BCUT2D eigenvalue weighted by atomic mass is 9.89. The van der Waals surface area contributed by atoms with Gasteiger partial charge in [-0.25, -0.2) is 0 Å². The molecular formula is C43H72N8O7. The number of nitrogens with one attached hydrogen (secondary N) is 2. The van der Waals surface area contributed by atoms with Crippen molar-refractivity contribution in [1.82, 2.24) is 40.3 Å². The number of aromatic nitrogens is 3. The van der Waals surface area contributed by atoms with Crippen molar-refractivity contribution in [1.29, 1.82) is 0 Å². The lowest BCUT2D eigenvalue weighted by Crippen LogP contribution is -2.59. The summed E-state index contributed by atoms with van der Waals surface area (Å²) in [6, 6.07) is 7.55. The number of hydrogen-bond acceptors (Lipinski definition) is 10. The Balaban J connectivity index is 1.79. The van der Waals surface area contributed by atoms with E-state index in [-0.39, 0.29) is 66.5 Å². The number of aliphatic hydroxyl groups excluding tert-OH is 1. The SMILES string of the molecule is CC[C@H](C)[C@@H]([C@@H](CC(=O)N1CCC[C@H]1[C@H](OC)[C@@H](C)C(=O)N[C@@H](Cc1ccccc1)Cn1cc(CO)nn1)OC)N(C)C(=O)[C@@H](NC(=O)[C@H](C(C)C)N(C)C)C(C)C. The molecule has 1 aromatic carbocycles. The molecule has 1 aliphatic heterocycles. The van der Waals surface area contributed by atoms with Crippen LogP contribution in [0.3, 0.4) is 0 Å². The lowest BCUT2D eigenvalue weighted by molar-refractivity contribution is -0.148. The first-order chi connectivity index (χ1) is 27.5. The van der Waals surface area contributed by atoms with E-state index in [9.17, 15) is 24.3 Å². The summed E-state index contributed by atoms with van der Waals surface area (Å²) in [4.78, 5) is 61.5. The molecular weight excluding hydrogens is 741 g/mol. The molecule has 0 unspecified atom stereocenters. The fourth-order valence-corrected chi connectivity index (χ4v) is 8.53. The third kappa shape index (κ3) is 12.8. The van der Waals surface area contributed by atoms with Crippen LogP contribution in [0, 0.1) is 23.7 Å². The molecule has 9 atom stereocenters. The number of rotatable bonds is 23. The summed E-state index contributed by atoms with van der Waals surface area (Å²) < 4.78 is 13.7. The van der Waals surface area contributed by atoms with E-state index in [1.54, 1.807) is 37.0 Å². The Morgan fingerprint density at radius 3 is 2.16 bits per heavy atom. The largest absolute Gasteiger partial charge is 0.390 e. The number of carbonyl (C=O) groups is 4. The zero-order chi connectivity index (χ0) is 43.3. The summed E-state index contributed by atoms with van der Waals surface area (Å²) in [5, 5.41) is 23.9. The van der Waals surface area contributed by atoms with Crippen molar-refractivity contribution in [3.05, 3.63) is 47.8 Å². The number of methoxy groups -OCH3 is 2. The molecule has 15 heteroatoms. The van der Waals surface area contributed by atoms with Crippen LogP contribution in [0.15, 0.2) is 36.5 Å². The normalized spacial score (nSPS) is 18.7. The molecule has 58 heavy (non-hydrogen) atoms. The Labute approximate surface area is 346 Å². The van der Waals surface area contributed by atoms with Gasteiger partial charge in [-0.15, -0.1) is 5.10 Å². The molecule has 326 valence electrons. The van der Waals surface area contributed by atoms with Crippen LogP contribution in [-0.2, 0) is 48.2 Å². The smallest absolute Gasteiger partial charge is 0.245 e. The summed E-state index contributed by atoms with van der Waals surface area (Å²) in [5.74, 6) is -1.54. The van der Waals surface area contributed by atoms with Gasteiger partial charge in [-0.3, -0.25) is 28.8 Å². The maximum atomic E-state index is 14.3. The van der Waals surface area contributed by atoms with Gasteiger partial charge in [0, 0.05) is 27.8 Å². The van der Waals surface area contributed by atoms with Crippen molar-refractivity contribution in [2.24, 2.45) is 23.7 Å². The van der Waals surface area contributed by atoms with E-state index in [4.69, 9.17) is 9.47 Å². The fraction of sp³-hybridized carbons (Fsp3) is 0.721. The molecule has 1 saturated heterocycles. The zero-order valence-corrected chi connectivity index (χ0v) is 37.1. The van der Waals surface area contributed by atoms with Crippen LogP contribution in [0.5, 0.6) is 0 Å². The summed E-state index contributed by atoms with van der Waals surface area (Å²) in [7, 11) is 8.60. The first kappa shape index (κ1) is 48.4. The molecule has 2 heterocycles. The van der Waals surface area contributed by atoms with Crippen LogP contribution < -0.4 is 10.6 Å². The lowest BCUT2D eigenvalue weighted by Gasteiger charge is -2.41. The molecule has 0 bridgehead atoms. The summed E-state index contributed by atoms with van der Waals surface area (Å²) in [5.41, 5.74) is 1.49. The van der Waals surface area contributed by atoms with E-state index < -0.39 is 36.3 Å². The minimum atomic E-state index is -0.766. The molecule has 0 spiro atoms. The first-order valence-corrected chi connectivity index (χ1v) is 20.9. The maximum Gasteiger partial charge on any atom is 0.245 e. The first-order valence-electron chi connectivity index (χ1n) is 20.9. The number of likely N-dealkylation sites (N-methyl/N-ethyl adjacent to an activating group) is 2. The molecule has 1 aliphatic rings. The van der Waals surface area contributed by atoms with E-state index in [0.717, 1.165) is 18.4 Å². The fourth-order valence-electron chi connectivity index (χ4n) is 8.53. The van der Waals surface area contributed by atoms with E-state index in [0.29, 0.717) is 31.6 Å². The van der Waals surface area contributed by atoms with Gasteiger partial charge < -0.3 is 35.0 Å². The quantitative estimate of drug-likeness (QED) is 0.152. The highest BCUT2D eigenvalue weighted by Gasteiger charge is 2.43. The number of amides is 4. The van der Waals surface area contributed by atoms with E-state index in [2.05, 4.69) is 20.9 Å². The van der Waals surface area contributed by atoms with Gasteiger partial charge in [-0.1, -0.05) is 90.4 Å². The predicted molar refractivity (Wildman–Crippen MR) is 223 cm³/mol. The molecule has 3 N–H and O–H groups in total. The molecule has 15 nitrogen and oxygen atoms in total. The Kier molecular flexibility index (Phi) is 19.2. The van der Waals surface area contributed by atoms with Gasteiger partial charge in [0.25, 0.3) is 0 Å². The molecule has 0 aliphatic carbocycles. The number of carbonyl (C=O) groups excluding carboxylic acids is 4. The van der Waals surface area contributed by atoms with Crippen molar-refractivity contribution in [2.75, 3.05) is 41.9 Å². The van der Waals surface area contributed by atoms with Crippen molar-refractivity contribution in [3.8, 4) is 0 Å². The van der Waals surface area contributed by atoms with Crippen LogP contribution in [0.2, 0.25) is 0 Å². The average Bonchev–Trinajstić information content (AvgIpc) is 3.86. The molecule has 3 rings (SSSR count). The molecule has 1 aromatic heterocycles. The Hall–Kier alpha value is -3.92. The molecule has 0 radical (unpaired) electrons. The number of ether oxygens (including phenoxy) is 2. The van der Waals surface area contributed by atoms with Gasteiger partial charge in [-0.2, -0.15) is 0 Å². The van der Waals surface area contributed by atoms with E-state index in [1.165, 1.54) is 0 Å². The number of benzene rings is 1. The number of nitrogens with zero attached hydrogens (tertiary/aromatic N) is 6. The third-order valence-electron chi connectivity index (χ3n) is 11.8. The zero-order valence-electron chi connectivity index (χ0n) is 37.1. The van der Waals surface area contributed by atoms with Crippen molar-refractivity contribution in [3.63, 3.8) is 0 Å². The van der Waals surface area contributed by atoms with E-state index in [1.807, 2.05) is 103 Å². The second kappa shape index (κ2) is 23.0. The second-order valence-electron chi connectivity index (χ2n) is 17.0. The molecule has 0 saturated carbocycles. The van der Waals surface area contributed by atoms with Crippen LogP contribution >= 0.6 is 0 Å². The standard InChI is InChI=1S/C43H72N8O7/c1-13-29(6)39(49(10)43(56)37(27(2)3)45-42(55)38(28(4)5)48(8)9)35(57-11)23-36(53)51-21-17-20-34(51)40(58-12)30(7)41(54)44-32(22-31-18-15-14-16-19-31)24-50-25-33(26-52)46-47-50/h14-16,18-19,25,27-30,32,34-35,37-40,52H,13,17,20-24,26H2,1-12H3,(H,44,54)(H,45,55)/t29-,30+,32-,34-,35+,37-,38-,39-,40+/m0/s1. The monoisotopic (exact) mass is 813 g/mol. The van der Waals surface area contributed by atoms with Gasteiger partial charge in [-0.05, 0) is 56.7 Å². The topological polar surface area (TPSA) is 171 Å². The van der Waals surface area contributed by atoms with Gasteiger partial charge in [0.15, 0.2) is 0 Å². The number of aliphatic hydroxyl groups is 1. The van der Waals surface area contributed by atoms with Crippen molar-refractivity contribution >= 4 is 23.6 Å². The highest BCUT2D eigenvalue weighted by molar-refractivity contribution is 5.90. The minimum Gasteiger partial charge on any atom is -0.390 e. The number of hydrogen-bond donors (Lipinski definition) is 3. The predicted octanol–water partition coefficient (Wildman–Crippen LogP) is 3.15. The summed E-state index contributed by atoms with van der Waals surface area (Å²) in [6.45, 7) is 14.4. The van der Waals surface area contributed by atoms with Crippen molar-refractivity contribution in [2.45, 2.75) is 136 Å². The van der Waals surface area contributed by atoms with Crippen LogP contribution in [-0.4, -0.2) is 143 Å². The minimum absolute atomic E-state index is 0.0261. The molecule has 1 fully saturated rings. The Morgan fingerprint density at radius 2 is 1.62 bits per heavy atom. The second-order valence-corrected chi connectivity index (χ2v) is 17.0. The van der Waals surface area contributed by atoms with Crippen LogP contribution in [0.25, 0.3) is 0 Å². The Bertz CT molecular complexity index is 1580. The Morgan fingerprint density at radius 1 is 0.948 bits per heavy atom.